The molecule has 0 atom stereocenters. The van der Waals surface area contributed by atoms with Gasteiger partial charge >= 0.3 is 10.1 Å². The van der Waals surface area contributed by atoms with Gasteiger partial charge in [-0.05, 0) is 79.6 Å². The van der Waals surface area contributed by atoms with E-state index in [-0.39, 0.29) is 16.4 Å². The van der Waals surface area contributed by atoms with Gasteiger partial charge in [0.1, 0.15) is 4.90 Å². The summed E-state index contributed by atoms with van der Waals surface area (Å²) in [6.07, 6.45) is 2.23. The molecule has 1 N–H and O–H groups in total. The van der Waals surface area contributed by atoms with Crippen LogP contribution in [0.3, 0.4) is 0 Å². The summed E-state index contributed by atoms with van der Waals surface area (Å²) in [6, 6.07) is 15.0. The van der Waals surface area contributed by atoms with Crippen LogP contribution < -0.4 is 23.8 Å². The van der Waals surface area contributed by atoms with Gasteiger partial charge in [-0.15, -0.1) is 0 Å². The number of benzene rings is 3. The molecule has 9 nitrogen and oxygen atoms in total. The maximum absolute atomic E-state index is 12.6. The summed E-state index contributed by atoms with van der Waals surface area (Å²) in [5.74, 6) is 0.752. The lowest BCUT2D eigenvalue weighted by Gasteiger charge is -2.12. The number of hydrogen-bond donors (Lipinski definition) is 1. The number of carbonyl (C=O) groups is 1. The molecule has 0 aliphatic rings. The average molecular weight is 547 g/mol. The summed E-state index contributed by atoms with van der Waals surface area (Å²) in [7, 11) is -2.72. The van der Waals surface area contributed by atoms with E-state index >= 15 is 0 Å². The van der Waals surface area contributed by atoms with Crippen LogP contribution in [0.1, 0.15) is 36.2 Å². The molecule has 0 unspecified atom stereocenters. The summed E-state index contributed by atoms with van der Waals surface area (Å²) in [4.78, 5) is 12.5. The van der Waals surface area contributed by atoms with Crippen molar-refractivity contribution in [2.24, 2.45) is 5.10 Å². The van der Waals surface area contributed by atoms with E-state index in [1.165, 1.54) is 49.7 Å². The van der Waals surface area contributed by atoms with E-state index in [1.807, 2.05) is 13.8 Å². The molecule has 0 bridgehead atoms. The van der Waals surface area contributed by atoms with Crippen LogP contribution in [0, 0.1) is 0 Å². The number of methoxy groups -OCH3 is 1. The molecule has 0 radical (unpaired) electrons. The monoisotopic (exact) mass is 546 g/mol. The fraction of sp³-hybridized carbons (Fsp3) is 0.231. The lowest BCUT2D eigenvalue weighted by molar-refractivity contribution is 0.0954. The van der Waals surface area contributed by atoms with Gasteiger partial charge < -0.3 is 18.4 Å². The van der Waals surface area contributed by atoms with E-state index in [0.717, 1.165) is 6.42 Å². The lowest BCUT2D eigenvalue weighted by Crippen LogP contribution is -2.17. The highest BCUT2D eigenvalue weighted by Gasteiger charge is 2.19. The number of halogens is 1. The van der Waals surface area contributed by atoms with Crippen LogP contribution in [-0.4, -0.2) is 40.9 Å². The Kier molecular flexibility index (Phi) is 9.76. The number of amides is 1. The van der Waals surface area contributed by atoms with Crippen molar-refractivity contribution >= 4 is 33.8 Å². The normalized spacial score (nSPS) is 11.2. The topological polar surface area (TPSA) is 113 Å². The molecule has 3 rings (SSSR count). The van der Waals surface area contributed by atoms with Gasteiger partial charge in [0.25, 0.3) is 5.91 Å². The third-order valence-corrected chi connectivity index (χ3v) is 6.34. The van der Waals surface area contributed by atoms with Gasteiger partial charge in [0.05, 0.1) is 26.5 Å². The molecule has 11 heteroatoms. The third kappa shape index (κ3) is 7.61. The maximum Gasteiger partial charge on any atom is 0.339 e. The summed E-state index contributed by atoms with van der Waals surface area (Å²) >= 11 is 5.82. The van der Waals surface area contributed by atoms with E-state index in [1.54, 1.807) is 24.3 Å². The highest BCUT2D eigenvalue weighted by molar-refractivity contribution is 7.87. The Labute approximate surface area is 221 Å². The van der Waals surface area contributed by atoms with Crippen LogP contribution in [-0.2, 0) is 10.1 Å². The number of nitrogens with one attached hydrogen (secondary N) is 1. The Morgan fingerprint density at radius 3 is 2.35 bits per heavy atom. The highest BCUT2D eigenvalue weighted by atomic mass is 35.5. The van der Waals surface area contributed by atoms with Gasteiger partial charge in [-0.25, -0.2) is 5.43 Å². The van der Waals surface area contributed by atoms with Crippen molar-refractivity contribution in [1.82, 2.24) is 5.43 Å². The van der Waals surface area contributed by atoms with E-state index in [9.17, 15) is 13.2 Å². The first-order chi connectivity index (χ1) is 17.8. The second kappa shape index (κ2) is 13.0. The standard InChI is InChI=1S/C26H27ClN2O7S/c1-4-14-35-22-13-7-19(16-25(22)34-5-2)26(30)29-28-17-18-6-12-23(24(15-18)33-3)36-37(31,32)21-10-8-20(27)9-11-21/h6-13,15-17H,4-5,14H2,1-3H3,(H,29,30)/b28-17+. The maximum atomic E-state index is 12.6. The Hall–Kier alpha value is -3.76. The van der Waals surface area contributed by atoms with E-state index in [0.29, 0.717) is 40.9 Å². The van der Waals surface area contributed by atoms with Crippen molar-refractivity contribution in [3.63, 3.8) is 0 Å². The molecule has 196 valence electrons. The van der Waals surface area contributed by atoms with E-state index in [2.05, 4.69) is 10.5 Å². The minimum atomic E-state index is -4.10. The second-order valence-corrected chi connectivity index (χ2v) is 9.53. The largest absolute Gasteiger partial charge is 0.493 e. The minimum Gasteiger partial charge on any atom is -0.493 e. The first-order valence-corrected chi connectivity index (χ1v) is 13.2. The molecule has 0 aliphatic heterocycles. The van der Waals surface area contributed by atoms with Crippen molar-refractivity contribution in [1.29, 1.82) is 0 Å². The minimum absolute atomic E-state index is 0.00697. The van der Waals surface area contributed by atoms with Crippen LogP contribution in [0.4, 0.5) is 0 Å². The van der Waals surface area contributed by atoms with Crippen LogP contribution in [0.25, 0.3) is 0 Å². The molecule has 0 heterocycles. The van der Waals surface area contributed by atoms with E-state index in [4.69, 9.17) is 30.0 Å². The zero-order valence-corrected chi connectivity index (χ0v) is 22.1. The van der Waals surface area contributed by atoms with Gasteiger partial charge in [-0.1, -0.05) is 18.5 Å². The van der Waals surface area contributed by atoms with Crippen molar-refractivity contribution < 1.29 is 31.6 Å². The zero-order chi connectivity index (χ0) is 26.8. The van der Waals surface area contributed by atoms with E-state index < -0.39 is 16.0 Å². The molecule has 0 aromatic heterocycles. The van der Waals surface area contributed by atoms with Gasteiger partial charge in [-0.3, -0.25) is 4.79 Å². The number of hydrogen-bond acceptors (Lipinski definition) is 8. The summed E-state index contributed by atoms with van der Waals surface area (Å²) in [5, 5.41) is 4.38. The number of rotatable bonds is 12. The van der Waals surface area contributed by atoms with Crippen molar-refractivity contribution in [3.8, 4) is 23.0 Å². The van der Waals surface area contributed by atoms with Crippen LogP contribution in [0.2, 0.25) is 5.02 Å². The molecule has 1 amide bonds. The Balaban J connectivity index is 1.70. The molecule has 3 aromatic rings. The number of ether oxygens (including phenoxy) is 3. The van der Waals surface area contributed by atoms with Crippen molar-refractivity contribution in [3.05, 3.63) is 76.8 Å². The van der Waals surface area contributed by atoms with Gasteiger partial charge in [0.2, 0.25) is 0 Å². The summed E-state index contributed by atoms with van der Waals surface area (Å²) < 4.78 is 46.9. The first kappa shape index (κ1) is 27.8. The highest BCUT2D eigenvalue weighted by Crippen LogP contribution is 2.31. The molecule has 0 spiro atoms. The van der Waals surface area contributed by atoms with Crippen molar-refractivity contribution in [2.75, 3.05) is 20.3 Å². The second-order valence-electron chi connectivity index (χ2n) is 7.54. The average Bonchev–Trinajstić information content (AvgIpc) is 2.88. The molecular weight excluding hydrogens is 520 g/mol. The molecule has 37 heavy (non-hydrogen) atoms. The fourth-order valence-electron chi connectivity index (χ4n) is 3.08. The predicted molar refractivity (Wildman–Crippen MR) is 141 cm³/mol. The van der Waals surface area contributed by atoms with Crippen LogP contribution >= 0.6 is 11.6 Å². The molecular formula is C26H27ClN2O7S. The van der Waals surface area contributed by atoms with Gasteiger partial charge in [0.15, 0.2) is 23.0 Å². The number of nitrogens with zero attached hydrogens (tertiary/aromatic N) is 1. The zero-order valence-electron chi connectivity index (χ0n) is 20.6. The van der Waals surface area contributed by atoms with Gasteiger partial charge in [-0.2, -0.15) is 13.5 Å². The Morgan fingerprint density at radius 2 is 1.68 bits per heavy atom. The molecule has 0 aliphatic carbocycles. The summed E-state index contributed by atoms with van der Waals surface area (Å²) in [5.41, 5.74) is 3.33. The van der Waals surface area contributed by atoms with Gasteiger partial charge in [0, 0.05) is 10.6 Å². The SMILES string of the molecule is CCCOc1ccc(C(=O)N/N=C/c2ccc(OS(=O)(=O)c3ccc(Cl)cc3)c(OC)c2)cc1OCC. The Morgan fingerprint density at radius 1 is 0.946 bits per heavy atom. The van der Waals surface area contributed by atoms with Crippen LogP contribution in [0.15, 0.2) is 70.7 Å². The first-order valence-electron chi connectivity index (χ1n) is 11.4. The Bertz CT molecular complexity index is 1360. The van der Waals surface area contributed by atoms with Crippen LogP contribution in [0.5, 0.6) is 23.0 Å². The number of hydrazone groups is 1. The number of carbonyl (C=O) groups excluding carboxylic acids is 1. The third-order valence-electron chi connectivity index (χ3n) is 4.84. The predicted octanol–water partition coefficient (Wildman–Crippen LogP) is 5.07. The molecule has 0 fully saturated rings. The quantitative estimate of drug-likeness (QED) is 0.192. The molecule has 0 saturated carbocycles. The molecule has 3 aromatic carbocycles. The fourth-order valence-corrected chi connectivity index (χ4v) is 4.15. The lowest BCUT2D eigenvalue weighted by atomic mass is 10.2. The van der Waals surface area contributed by atoms with Crippen molar-refractivity contribution in [2.45, 2.75) is 25.2 Å². The smallest absolute Gasteiger partial charge is 0.339 e. The summed E-state index contributed by atoms with van der Waals surface area (Å²) in [6.45, 7) is 4.81. The molecule has 0 saturated heterocycles.